The second kappa shape index (κ2) is 9.08. The lowest BCUT2D eigenvalue weighted by molar-refractivity contribution is -0.384. The number of rotatable bonds is 6. The molecule has 0 fully saturated rings. The first-order chi connectivity index (χ1) is 13.3. The van der Waals surface area contributed by atoms with E-state index in [2.05, 4.69) is 14.8 Å². The van der Waals surface area contributed by atoms with Crippen LogP contribution in [0.3, 0.4) is 0 Å². The van der Waals surface area contributed by atoms with Gasteiger partial charge in [0.15, 0.2) is 0 Å². The van der Waals surface area contributed by atoms with Gasteiger partial charge in [0.2, 0.25) is 5.91 Å². The molecule has 0 aliphatic heterocycles. The zero-order chi connectivity index (χ0) is 20.7. The monoisotopic (exact) mass is 384 g/mol. The fourth-order valence-corrected chi connectivity index (χ4v) is 2.27. The summed E-state index contributed by atoms with van der Waals surface area (Å²) in [5.41, 5.74) is 0.575. The van der Waals surface area contributed by atoms with E-state index in [1.165, 1.54) is 56.7 Å². The zero-order valence-electron chi connectivity index (χ0n) is 15.0. The number of carbonyl (C=O) groups excluding carboxylic acids is 3. The Morgan fingerprint density at radius 1 is 1.04 bits per heavy atom. The highest BCUT2D eigenvalue weighted by atomic mass is 16.6. The summed E-state index contributed by atoms with van der Waals surface area (Å²) >= 11 is 0. The third kappa shape index (κ3) is 5.01. The number of nitrogens with zero attached hydrogens (tertiary/aromatic N) is 1. The summed E-state index contributed by atoms with van der Waals surface area (Å²) in [5.74, 6) is -1.95. The van der Waals surface area contributed by atoms with Crippen LogP contribution in [-0.4, -0.2) is 37.0 Å². The minimum Gasteiger partial charge on any atom is -0.465 e. The third-order valence-corrected chi connectivity index (χ3v) is 3.61. The van der Waals surface area contributed by atoms with E-state index < -0.39 is 22.8 Å². The molecule has 0 atom stereocenters. The van der Waals surface area contributed by atoms with Gasteiger partial charge in [-0.15, -0.1) is 0 Å². The van der Waals surface area contributed by atoms with E-state index in [0.717, 1.165) is 6.08 Å². The van der Waals surface area contributed by atoms with E-state index >= 15 is 0 Å². The van der Waals surface area contributed by atoms with Crippen molar-refractivity contribution in [2.24, 2.45) is 0 Å². The Morgan fingerprint density at radius 2 is 1.75 bits per heavy atom. The van der Waals surface area contributed by atoms with Crippen LogP contribution in [0.1, 0.15) is 26.3 Å². The van der Waals surface area contributed by atoms with Crippen LogP contribution >= 0.6 is 0 Å². The molecule has 0 aliphatic rings. The van der Waals surface area contributed by atoms with Crippen molar-refractivity contribution in [3.05, 3.63) is 75.3 Å². The SMILES string of the molecule is COC(=O)c1ccc(C(=O)OC)c(NC(=O)C=Cc2cccc([N+](=O)[O-])c2)c1. The molecule has 0 unspecified atom stereocenters. The van der Waals surface area contributed by atoms with Crippen molar-refractivity contribution in [1.29, 1.82) is 0 Å². The standard InChI is InChI=1S/C19H16N2O7/c1-27-18(23)13-7-8-15(19(24)28-2)16(11-13)20-17(22)9-6-12-4-3-5-14(10-12)21(25)26/h3-11H,1-2H3,(H,20,22). The molecule has 2 rings (SSSR count). The number of nitro groups is 1. The molecule has 0 heterocycles. The minimum absolute atomic E-state index is 0.0484. The van der Waals surface area contributed by atoms with Crippen LogP contribution in [0.15, 0.2) is 48.5 Å². The topological polar surface area (TPSA) is 125 Å². The quantitative estimate of drug-likeness (QED) is 0.351. The number of methoxy groups -OCH3 is 2. The molecular weight excluding hydrogens is 368 g/mol. The second-order valence-corrected chi connectivity index (χ2v) is 5.42. The first-order valence-corrected chi connectivity index (χ1v) is 7.90. The molecule has 1 N–H and O–H groups in total. The maximum atomic E-state index is 12.2. The van der Waals surface area contributed by atoms with E-state index in [1.807, 2.05) is 0 Å². The van der Waals surface area contributed by atoms with E-state index in [0.29, 0.717) is 5.56 Å². The Bertz CT molecular complexity index is 967. The van der Waals surface area contributed by atoms with Gasteiger partial charge in [0.1, 0.15) is 0 Å². The highest BCUT2D eigenvalue weighted by molar-refractivity contribution is 6.07. The predicted molar refractivity (Wildman–Crippen MR) is 99.9 cm³/mol. The van der Waals surface area contributed by atoms with Gasteiger partial charge >= 0.3 is 11.9 Å². The molecule has 0 saturated carbocycles. The van der Waals surface area contributed by atoms with Crippen LogP contribution in [0.25, 0.3) is 6.08 Å². The highest BCUT2D eigenvalue weighted by Crippen LogP contribution is 2.20. The average Bonchev–Trinajstić information content (AvgIpc) is 2.71. The van der Waals surface area contributed by atoms with Gasteiger partial charge < -0.3 is 14.8 Å². The number of anilines is 1. The van der Waals surface area contributed by atoms with Crippen LogP contribution in [0.2, 0.25) is 0 Å². The maximum absolute atomic E-state index is 12.2. The third-order valence-electron chi connectivity index (χ3n) is 3.61. The first-order valence-electron chi connectivity index (χ1n) is 7.90. The molecule has 0 spiro atoms. The Kier molecular flexibility index (Phi) is 6.58. The van der Waals surface area contributed by atoms with Crippen LogP contribution in [0.4, 0.5) is 11.4 Å². The van der Waals surface area contributed by atoms with E-state index in [4.69, 9.17) is 0 Å². The molecule has 0 bridgehead atoms. The highest BCUT2D eigenvalue weighted by Gasteiger charge is 2.16. The van der Waals surface area contributed by atoms with Gasteiger partial charge in [-0.2, -0.15) is 0 Å². The van der Waals surface area contributed by atoms with Gasteiger partial charge in [-0.3, -0.25) is 14.9 Å². The molecular formula is C19H16N2O7. The van der Waals surface area contributed by atoms with Gasteiger partial charge in [0, 0.05) is 18.2 Å². The van der Waals surface area contributed by atoms with Crippen molar-refractivity contribution in [2.45, 2.75) is 0 Å². The summed E-state index contributed by atoms with van der Waals surface area (Å²) in [5, 5.41) is 13.3. The number of esters is 2. The molecule has 9 nitrogen and oxygen atoms in total. The summed E-state index contributed by atoms with van der Waals surface area (Å²) in [4.78, 5) is 46.0. The molecule has 9 heteroatoms. The summed E-state index contributed by atoms with van der Waals surface area (Å²) < 4.78 is 9.28. The molecule has 0 saturated heterocycles. The average molecular weight is 384 g/mol. The lowest BCUT2D eigenvalue weighted by atomic mass is 10.1. The number of nitro benzene ring substituents is 1. The van der Waals surface area contributed by atoms with Crippen molar-refractivity contribution in [3.63, 3.8) is 0 Å². The molecule has 1 amide bonds. The van der Waals surface area contributed by atoms with Gasteiger partial charge in [0.25, 0.3) is 5.69 Å². The summed E-state index contributed by atoms with van der Waals surface area (Å²) in [7, 11) is 2.39. The Labute approximate surface area is 159 Å². The smallest absolute Gasteiger partial charge is 0.339 e. The van der Waals surface area contributed by atoms with E-state index in [1.54, 1.807) is 6.07 Å². The fraction of sp³-hybridized carbons (Fsp3) is 0.105. The van der Waals surface area contributed by atoms with Crippen LogP contribution in [0.5, 0.6) is 0 Å². The second-order valence-electron chi connectivity index (χ2n) is 5.42. The largest absolute Gasteiger partial charge is 0.465 e. The predicted octanol–water partition coefficient (Wildman–Crippen LogP) is 2.82. The maximum Gasteiger partial charge on any atom is 0.339 e. The molecule has 144 valence electrons. The summed E-state index contributed by atoms with van der Waals surface area (Å²) in [6.45, 7) is 0. The molecule has 0 aliphatic carbocycles. The first kappa shape index (κ1) is 20.3. The molecule has 2 aromatic carbocycles. The lowest BCUT2D eigenvalue weighted by Gasteiger charge is -2.10. The van der Waals surface area contributed by atoms with Gasteiger partial charge in [-0.1, -0.05) is 12.1 Å². The number of hydrogen-bond acceptors (Lipinski definition) is 7. The number of nitrogens with one attached hydrogen (secondary N) is 1. The number of benzene rings is 2. The lowest BCUT2D eigenvalue weighted by Crippen LogP contribution is -2.14. The molecule has 28 heavy (non-hydrogen) atoms. The number of hydrogen-bond donors (Lipinski definition) is 1. The van der Waals surface area contributed by atoms with E-state index in [9.17, 15) is 24.5 Å². The van der Waals surface area contributed by atoms with Crippen molar-refractivity contribution in [3.8, 4) is 0 Å². The van der Waals surface area contributed by atoms with Crippen LogP contribution < -0.4 is 5.32 Å². The normalized spacial score (nSPS) is 10.4. The Hall–Kier alpha value is -4.01. The van der Waals surface area contributed by atoms with Crippen molar-refractivity contribution in [2.75, 3.05) is 19.5 Å². The summed E-state index contributed by atoms with van der Waals surface area (Å²) in [6.07, 6.45) is 2.52. The van der Waals surface area contributed by atoms with E-state index in [-0.39, 0.29) is 22.5 Å². The summed E-state index contributed by atoms with van der Waals surface area (Å²) in [6, 6.07) is 9.71. The number of carbonyl (C=O) groups is 3. The number of ether oxygens (including phenoxy) is 2. The molecule has 2 aromatic rings. The van der Waals surface area contributed by atoms with Crippen molar-refractivity contribution < 1.29 is 28.8 Å². The van der Waals surface area contributed by atoms with Gasteiger partial charge in [-0.05, 0) is 29.8 Å². The van der Waals surface area contributed by atoms with Crippen LogP contribution in [0, 0.1) is 10.1 Å². The molecule has 0 radical (unpaired) electrons. The fourth-order valence-electron chi connectivity index (χ4n) is 2.27. The zero-order valence-corrected chi connectivity index (χ0v) is 15.0. The van der Waals surface area contributed by atoms with Crippen molar-refractivity contribution >= 4 is 35.3 Å². The Balaban J connectivity index is 2.26. The number of amides is 1. The van der Waals surface area contributed by atoms with Crippen LogP contribution in [-0.2, 0) is 14.3 Å². The molecule has 0 aromatic heterocycles. The minimum atomic E-state index is -0.700. The van der Waals surface area contributed by atoms with Gasteiger partial charge in [-0.25, -0.2) is 9.59 Å². The Morgan fingerprint density at radius 3 is 2.39 bits per heavy atom. The van der Waals surface area contributed by atoms with Crippen molar-refractivity contribution in [1.82, 2.24) is 0 Å². The van der Waals surface area contributed by atoms with Gasteiger partial charge in [0.05, 0.1) is 36.0 Å². The number of non-ortho nitro benzene ring substituents is 1.